The molecule has 0 aliphatic heterocycles. The molecule has 0 spiro atoms. The van der Waals surface area contributed by atoms with E-state index < -0.39 is 0 Å². The molecule has 8 nitrogen and oxygen atoms in total. The Morgan fingerprint density at radius 2 is 1.83 bits per heavy atom. The molecule has 1 amide bonds. The van der Waals surface area contributed by atoms with Crippen LogP contribution in [0.15, 0.2) is 41.5 Å². The number of hydrazone groups is 1. The predicted molar refractivity (Wildman–Crippen MR) is 111 cm³/mol. The molecule has 0 aliphatic rings. The van der Waals surface area contributed by atoms with Crippen molar-refractivity contribution >= 4 is 23.0 Å². The van der Waals surface area contributed by atoms with E-state index in [4.69, 9.17) is 18.9 Å². The number of fused-ring (bicyclic) bond motifs is 1. The van der Waals surface area contributed by atoms with Gasteiger partial charge in [-0.3, -0.25) is 4.79 Å². The van der Waals surface area contributed by atoms with E-state index in [0.717, 1.165) is 16.5 Å². The third-order valence-corrected chi connectivity index (χ3v) is 4.24. The largest absolute Gasteiger partial charge is 0.497 e. The van der Waals surface area contributed by atoms with Crippen LogP contribution in [0.5, 0.6) is 23.0 Å². The Balaban J connectivity index is 1.75. The standard InChI is InChI=1S/C21H23N3O5/c1-5-29-18-7-6-13(8-20(18)28-4)12-22-24-21(25)17-11-15-16(23-17)9-14(26-2)10-19(15)27-3/h6-12,23H,5H2,1-4H3,(H,24,25)/b22-12-. The average molecular weight is 397 g/mol. The number of nitrogens with one attached hydrogen (secondary N) is 2. The minimum atomic E-state index is -0.378. The predicted octanol–water partition coefficient (Wildman–Crippen LogP) is 3.36. The molecule has 0 unspecified atom stereocenters. The van der Waals surface area contributed by atoms with Crippen molar-refractivity contribution in [1.29, 1.82) is 0 Å². The summed E-state index contributed by atoms with van der Waals surface area (Å²) in [5.74, 6) is 2.11. The molecule has 1 heterocycles. The van der Waals surface area contributed by atoms with E-state index in [1.165, 1.54) is 6.21 Å². The Morgan fingerprint density at radius 1 is 1.03 bits per heavy atom. The van der Waals surface area contributed by atoms with Crippen LogP contribution in [0, 0.1) is 0 Å². The van der Waals surface area contributed by atoms with Crippen LogP contribution in [0.2, 0.25) is 0 Å². The van der Waals surface area contributed by atoms with Crippen LogP contribution in [0.1, 0.15) is 23.0 Å². The number of aromatic nitrogens is 1. The highest BCUT2D eigenvalue weighted by atomic mass is 16.5. The van der Waals surface area contributed by atoms with Gasteiger partial charge in [-0.15, -0.1) is 0 Å². The first-order valence-corrected chi connectivity index (χ1v) is 8.98. The van der Waals surface area contributed by atoms with E-state index in [9.17, 15) is 4.79 Å². The Morgan fingerprint density at radius 3 is 2.52 bits per heavy atom. The minimum Gasteiger partial charge on any atom is -0.497 e. The Labute approximate surface area is 168 Å². The molecule has 1 aromatic heterocycles. The van der Waals surface area contributed by atoms with Crippen molar-refractivity contribution in [2.45, 2.75) is 6.92 Å². The smallest absolute Gasteiger partial charge is 0.287 e. The van der Waals surface area contributed by atoms with Crippen molar-refractivity contribution in [2.75, 3.05) is 27.9 Å². The van der Waals surface area contributed by atoms with Crippen molar-refractivity contribution < 1.29 is 23.7 Å². The maximum absolute atomic E-state index is 12.4. The number of benzene rings is 2. The van der Waals surface area contributed by atoms with Gasteiger partial charge in [0.2, 0.25) is 0 Å². The van der Waals surface area contributed by atoms with Gasteiger partial charge in [0.05, 0.1) is 39.7 Å². The molecule has 8 heteroatoms. The number of hydrogen-bond donors (Lipinski definition) is 2. The van der Waals surface area contributed by atoms with Crippen molar-refractivity contribution in [3.8, 4) is 23.0 Å². The molecule has 2 N–H and O–H groups in total. The number of ether oxygens (including phenoxy) is 4. The van der Waals surface area contributed by atoms with E-state index >= 15 is 0 Å². The highest BCUT2D eigenvalue weighted by Crippen LogP contribution is 2.31. The van der Waals surface area contributed by atoms with Crippen LogP contribution >= 0.6 is 0 Å². The molecule has 3 rings (SSSR count). The normalized spacial score (nSPS) is 10.9. The second kappa shape index (κ2) is 9.01. The first kappa shape index (κ1) is 20.1. The fourth-order valence-corrected chi connectivity index (χ4v) is 2.85. The lowest BCUT2D eigenvalue weighted by Gasteiger charge is -2.09. The molecule has 0 bridgehead atoms. The average Bonchev–Trinajstić information content (AvgIpc) is 3.18. The highest BCUT2D eigenvalue weighted by molar-refractivity contribution is 6.00. The van der Waals surface area contributed by atoms with Gasteiger partial charge in [0, 0.05) is 17.5 Å². The molecule has 2 aromatic carbocycles. The van der Waals surface area contributed by atoms with E-state index in [1.807, 2.05) is 13.0 Å². The molecule has 0 radical (unpaired) electrons. The summed E-state index contributed by atoms with van der Waals surface area (Å²) in [6.07, 6.45) is 1.53. The zero-order valence-corrected chi connectivity index (χ0v) is 16.7. The van der Waals surface area contributed by atoms with Crippen LogP contribution in [-0.4, -0.2) is 45.0 Å². The Bertz CT molecular complexity index is 1040. The second-order valence-corrected chi connectivity index (χ2v) is 6.02. The van der Waals surface area contributed by atoms with Crippen molar-refractivity contribution in [3.63, 3.8) is 0 Å². The molecule has 0 atom stereocenters. The van der Waals surface area contributed by atoms with E-state index in [2.05, 4.69) is 15.5 Å². The van der Waals surface area contributed by atoms with Gasteiger partial charge < -0.3 is 23.9 Å². The maximum atomic E-state index is 12.4. The lowest BCUT2D eigenvalue weighted by Crippen LogP contribution is -2.17. The molecule has 3 aromatic rings. The van der Waals surface area contributed by atoms with Gasteiger partial charge in [0.25, 0.3) is 5.91 Å². The van der Waals surface area contributed by atoms with Crippen molar-refractivity contribution in [1.82, 2.24) is 10.4 Å². The minimum absolute atomic E-state index is 0.355. The summed E-state index contributed by atoms with van der Waals surface area (Å²) < 4.78 is 21.4. The zero-order chi connectivity index (χ0) is 20.8. The van der Waals surface area contributed by atoms with Crippen molar-refractivity contribution in [3.05, 3.63) is 47.7 Å². The van der Waals surface area contributed by atoms with Gasteiger partial charge in [0.1, 0.15) is 17.2 Å². The zero-order valence-electron chi connectivity index (χ0n) is 16.7. The number of carbonyl (C=O) groups excluding carboxylic acids is 1. The number of rotatable bonds is 8. The Hall–Kier alpha value is -3.68. The van der Waals surface area contributed by atoms with Crippen LogP contribution in [0.25, 0.3) is 10.9 Å². The maximum Gasteiger partial charge on any atom is 0.287 e. The van der Waals surface area contributed by atoms with Crippen LogP contribution in [0.4, 0.5) is 0 Å². The van der Waals surface area contributed by atoms with Crippen molar-refractivity contribution in [2.24, 2.45) is 5.10 Å². The summed E-state index contributed by atoms with van der Waals surface area (Å²) >= 11 is 0. The van der Waals surface area contributed by atoms with Crippen LogP contribution in [-0.2, 0) is 0 Å². The summed E-state index contributed by atoms with van der Waals surface area (Å²) in [6.45, 7) is 2.45. The third-order valence-electron chi connectivity index (χ3n) is 4.24. The third kappa shape index (κ3) is 4.43. The molecule has 152 valence electrons. The first-order valence-electron chi connectivity index (χ1n) is 8.98. The Kier molecular flexibility index (Phi) is 6.23. The topological polar surface area (TPSA) is 94.2 Å². The molecule has 0 saturated heterocycles. The molecule has 0 fully saturated rings. The lowest BCUT2D eigenvalue weighted by molar-refractivity contribution is 0.0951. The number of methoxy groups -OCH3 is 3. The lowest BCUT2D eigenvalue weighted by atomic mass is 10.2. The summed E-state index contributed by atoms with van der Waals surface area (Å²) in [5, 5.41) is 4.80. The van der Waals surface area contributed by atoms with Gasteiger partial charge in [-0.2, -0.15) is 5.10 Å². The molecule has 29 heavy (non-hydrogen) atoms. The second-order valence-electron chi connectivity index (χ2n) is 6.02. The summed E-state index contributed by atoms with van der Waals surface area (Å²) in [5.41, 5.74) is 4.35. The van der Waals surface area contributed by atoms with E-state index in [1.54, 1.807) is 51.7 Å². The first-order chi connectivity index (χ1) is 14.1. The molecule has 0 aliphatic carbocycles. The SMILES string of the molecule is CCOc1ccc(/C=N\NC(=O)c2cc3c(OC)cc(OC)cc3[nH]2)cc1OC. The van der Waals surface area contributed by atoms with Gasteiger partial charge in [0.15, 0.2) is 11.5 Å². The number of aromatic amines is 1. The fourth-order valence-electron chi connectivity index (χ4n) is 2.85. The molecular formula is C21H23N3O5. The molecular weight excluding hydrogens is 374 g/mol. The summed E-state index contributed by atoms with van der Waals surface area (Å²) in [6, 6.07) is 10.7. The monoisotopic (exact) mass is 397 g/mol. The number of nitrogens with zero attached hydrogens (tertiary/aromatic N) is 1. The summed E-state index contributed by atoms with van der Waals surface area (Å²) in [7, 11) is 4.71. The van der Waals surface area contributed by atoms with Gasteiger partial charge in [-0.1, -0.05) is 0 Å². The quantitative estimate of drug-likeness (QED) is 0.449. The summed E-state index contributed by atoms with van der Waals surface area (Å²) in [4.78, 5) is 15.5. The van der Waals surface area contributed by atoms with Gasteiger partial charge in [-0.05, 0) is 36.8 Å². The number of H-pyrrole nitrogens is 1. The number of amides is 1. The van der Waals surface area contributed by atoms with E-state index in [-0.39, 0.29) is 5.91 Å². The fraction of sp³-hybridized carbons (Fsp3) is 0.238. The number of hydrogen-bond acceptors (Lipinski definition) is 6. The van der Waals surface area contributed by atoms with Gasteiger partial charge in [-0.25, -0.2) is 5.43 Å². The van der Waals surface area contributed by atoms with Crippen LogP contribution < -0.4 is 24.4 Å². The molecule has 0 saturated carbocycles. The highest BCUT2D eigenvalue weighted by Gasteiger charge is 2.13. The van der Waals surface area contributed by atoms with E-state index in [0.29, 0.717) is 35.3 Å². The number of carbonyl (C=O) groups is 1. The van der Waals surface area contributed by atoms with Crippen LogP contribution in [0.3, 0.4) is 0 Å². The van der Waals surface area contributed by atoms with Gasteiger partial charge >= 0.3 is 0 Å².